The molecule has 8 nitrogen and oxygen atoms in total. The lowest BCUT2D eigenvalue weighted by atomic mass is 10.1. The van der Waals surface area contributed by atoms with E-state index in [-0.39, 0.29) is 34.5 Å². The number of nitro groups is 1. The van der Waals surface area contributed by atoms with Crippen LogP contribution in [0.2, 0.25) is 5.02 Å². The van der Waals surface area contributed by atoms with Crippen molar-refractivity contribution in [1.82, 2.24) is 9.66 Å². The minimum atomic E-state index is -0.556. The Labute approximate surface area is 226 Å². The molecule has 0 unspecified atom stereocenters. The van der Waals surface area contributed by atoms with Gasteiger partial charge in [-0.15, -0.1) is 0 Å². The number of ether oxygens (including phenoxy) is 1. The first-order valence-corrected chi connectivity index (χ1v) is 12.8. The van der Waals surface area contributed by atoms with E-state index in [0.29, 0.717) is 22.3 Å². The van der Waals surface area contributed by atoms with Crippen LogP contribution in [0.3, 0.4) is 0 Å². The summed E-state index contributed by atoms with van der Waals surface area (Å²) in [6.45, 7) is 6.05. The molecular formula is C27H24BrClN4O4. The zero-order chi connectivity index (χ0) is 26.7. The van der Waals surface area contributed by atoms with Gasteiger partial charge >= 0.3 is 5.69 Å². The predicted molar refractivity (Wildman–Crippen MR) is 149 cm³/mol. The van der Waals surface area contributed by atoms with Crippen molar-refractivity contribution in [2.75, 3.05) is 0 Å². The van der Waals surface area contributed by atoms with Crippen molar-refractivity contribution in [3.8, 4) is 5.75 Å². The van der Waals surface area contributed by atoms with Gasteiger partial charge < -0.3 is 4.74 Å². The third kappa shape index (κ3) is 5.89. The van der Waals surface area contributed by atoms with Crippen LogP contribution < -0.4 is 10.3 Å². The summed E-state index contributed by atoms with van der Waals surface area (Å²) in [5.74, 6) is 0.421. The van der Waals surface area contributed by atoms with Crippen LogP contribution in [0.1, 0.15) is 48.7 Å². The Balaban J connectivity index is 1.73. The van der Waals surface area contributed by atoms with Gasteiger partial charge in [-0.25, -0.2) is 4.98 Å². The second-order valence-electron chi connectivity index (χ2n) is 8.68. The summed E-state index contributed by atoms with van der Waals surface area (Å²) in [6, 6.07) is 15.8. The molecule has 1 heterocycles. The lowest BCUT2D eigenvalue weighted by molar-refractivity contribution is -0.385. The van der Waals surface area contributed by atoms with Gasteiger partial charge in [0, 0.05) is 22.0 Å². The molecule has 0 saturated heterocycles. The minimum absolute atomic E-state index is 0.0286. The fraction of sp³-hybridized carbons (Fsp3) is 0.222. The van der Waals surface area contributed by atoms with E-state index in [1.807, 2.05) is 51.1 Å². The molecule has 0 radical (unpaired) electrons. The van der Waals surface area contributed by atoms with Gasteiger partial charge in [-0.05, 0) is 43.2 Å². The van der Waals surface area contributed by atoms with Gasteiger partial charge in [-0.2, -0.15) is 9.78 Å². The van der Waals surface area contributed by atoms with Crippen molar-refractivity contribution >= 4 is 50.3 Å². The second-order valence-corrected chi connectivity index (χ2v) is 10.0. The molecule has 0 N–H and O–H groups in total. The van der Waals surface area contributed by atoms with Crippen LogP contribution in [0.25, 0.3) is 10.9 Å². The Morgan fingerprint density at radius 1 is 1.22 bits per heavy atom. The standard InChI is InChI=1S/C27H24BrClN4O4/c1-4-17(3)26-31-23-10-9-20(28)13-21(23)27(34)32(26)30-14-19-11-22(29)25(24(12-19)33(35)36)37-15-18-7-5-16(2)6-8-18/h5-14,17H,4,15H2,1-3H3/t17-/m0/s1. The monoisotopic (exact) mass is 582 g/mol. The molecular weight excluding hydrogens is 560 g/mol. The van der Waals surface area contributed by atoms with Gasteiger partial charge in [0.05, 0.1) is 27.1 Å². The largest absolute Gasteiger partial charge is 0.481 e. The first kappa shape index (κ1) is 26.5. The molecule has 4 aromatic rings. The summed E-state index contributed by atoms with van der Waals surface area (Å²) in [5.41, 5.74) is 2.24. The molecule has 0 fully saturated rings. The van der Waals surface area contributed by atoms with E-state index in [1.54, 1.807) is 12.1 Å². The fourth-order valence-electron chi connectivity index (χ4n) is 3.70. The number of halogens is 2. The molecule has 0 aliphatic carbocycles. The van der Waals surface area contributed by atoms with Gasteiger partial charge in [0.2, 0.25) is 5.75 Å². The number of hydrogen-bond donors (Lipinski definition) is 0. The van der Waals surface area contributed by atoms with Crippen LogP contribution in [-0.4, -0.2) is 20.8 Å². The lowest BCUT2D eigenvalue weighted by Crippen LogP contribution is -2.23. The number of fused-ring (bicyclic) bond motifs is 1. The summed E-state index contributed by atoms with van der Waals surface area (Å²) >= 11 is 9.80. The molecule has 3 aromatic carbocycles. The second kappa shape index (κ2) is 11.2. The summed E-state index contributed by atoms with van der Waals surface area (Å²) < 4.78 is 7.71. The molecule has 1 aromatic heterocycles. The topological polar surface area (TPSA) is 99.6 Å². The van der Waals surface area contributed by atoms with Crippen molar-refractivity contribution < 1.29 is 9.66 Å². The average molecular weight is 584 g/mol. The number of benzene rings is 3. The maximum atomic E-state index is 13.3. The lowest BCUT2D eigenvalue weighted by Gasteiger charge is -2.14. The molecule has 37 heavy (non-hydrogen) atoms. The summed E-state index contributed by atoms with van der Waals surface area (Å²) in [7, 11) is 0. The van der Waals surface area contributed by atoms with Gasteiger partial charge in [-0.3, -0.25) is 14.9 Å². The van der Waals surface area contributed by atoms with Gasteiger partial charge in [-0.1, -0.05) is 71.2 Å². The number of nitrogens with zero attached hydrogens (tertiary/aromatic N) is 4. The molecule has 0 spiro atoms. The van der Waals surface area contributed by atoms with Crippen LogP contribution in [0.15, 0.2) is 69.0 Å². The molecule has 0 bridgehead atoms. The number of rotatable bonds is 8. The quantitative estimate of drug-likeness (QED) is 0.126. The smallest absolute Gasteiger partial charge is 0.313 e. The average Bonchev–Trinajstić information content (AvgIpc) is 2.87. The highest BCUT2D eigenvalue weighted by Gasteiger charge is 2.21. The maximum absolute atomic E-state index is 13.3. The number of aromatic nitrogens is 2. The highest BCUT2D eigenvalue weighted by Crippen LogP contribution is 2.36. The number of nitro benzene ring substituents is 1. The van der Waals surface area contributed by atoms with Gasteiger partial charge in [0.1, 0.15) is 12.4 Å². The highest BCUT2D eigenvalue weighted by molar-refractivity contribution is 9.10. The molecule has 190 valence electrons. The molecule has 0 aliphatic rings. The zero-order valence-corrected chi connectivity index (χ0v) is 22.8. The molecule has 4 rings (SSSR count). The Hall–Kier alpha value is -3.56. The summed E-state index contributed by atoms with van der Waals surface area (Å²) in [4.78, 5) is 29.3. The molecule has 0 amide bonds. The molecule has 0 saturated carbocycles. The van der Waals surface area contributed by atoms with Crippen LogP contribution in [0.5, 0.6) is 5.75 Å². The van der Waals surface area contributed by atoms with E-state index in [0.717, 1.165) is 22.0 Å². The number of aryl methyl sites for hydroxylation is 1. The normalized spacial score (nSPS) is 12.2. The van der Waals surface area contributed by atoms with E-state index >= 15 is 0 Å². The Bertz CT molecular complexity index is 1570. The van der Waals surface area contributed by atoms with Crippen molar-refractivity contribution in [3.63, 3.8) is 0 Å². The van der Waals surface area contributed by atoms with Crippen molar-refractivity contribution in [3.05, 3.63) is 107 Å². The third-order valence-electron chi connectivity index (χ3n) is 5.96. The van der Waals surface area contributed by atoms with Crippen molar-refractivity contribution in [1.29, 1.82) is 0 Å². The molecule has 1 atom stereocenters. The Morgan fingerprint density at radius 2 is 1.95 bits per heavy atom. The van der Waals surface area contributed by atoms with Crippen molar-refractivity contribution in [2.24, 2.45) is 5.10 Å². The summed E-state index contributed by atoms with van der Waals surface area (Å²) in [6.07, 6.45) is 2.11. The van der Waals surface area contributed by atoms with Crippen molar-refractivity contribution in [2.45, 2.75) is 39.7 Å². The fourth-order valence-corrected chi connectivity index (χ4v) is 4.33. The minimum Gasteiger partial charge on any atom is -0.481 e. The van der Waals surface area contributed by atoms with Gasteiger partial charge in [0.15, 0.2) is 0 Å². The van der Waals surface area contributed by atoms with Crippen LogP contribution in [-0.2, 0) is 6.61 Å². The highest BCUT2D eigenvalue weighted by atomic mass is 79.9. The van der Waals surface area contributed by atoms with Crippen LogP contribution in [0, 0.1) is 17.0 Å². The summed E-state index contributed by atoms with van der Waals surface area (Å²) in [5, 5.41) is 16.7. The Kier molecular flexibility index (Phi) is 8.04. The predicted octanol–water partition coefficient (Wildman–Crippen LogP) is 7.00. The molecule has 10 heteroatoms. The van der Waals surface area contributed by atoms with E-state index in [1.165, 1.54) is 23.0 Å². The first-order valence-electron chi connectivity index (χ1n) is 11.6. The van der Waals surface area contributed by atoms with E-state index < -0.39 is 4.92 Å². The molecule has 0 aliphatic heterocycles. The zero-order valence-electron chi connectivity index (χ0n) is 20.4. The maximum Gasteiger partial charge on any atom is 0.313 e. The van der Waals surface area contributed by atoms with Crippen LogP contribution >= 0.6 is 27.5 Å². The van der Waals surface area contributed by atoms with E-state index in [4.69, 9.17) is 16.3 Å². The number of hydrogen-bond acceptors (Lipinski definition) is 6. The van der Waals surface area contributed by atoms with Crippen LogP contribution in [0.4, 0.5) is 5.69 Å². The Morgan fingerprint density at radius 3 is 2.62 bits per heavy atom. The SMILES string of the molecule is CC[C@H](C)c1nc2ccc(Br)cc2c(=O)n1N=Cc1cc(Cl)c(OCc2ccc(C)cc2)c([N+](=O)[O-])c1. The first-order chi connectivity index (χ1) is 17.7. The van der Waals surface area contributed by atoms with E-state index in [9.17, 15) is 14.9 Å². The van der Waals surface area contributed by atoms with E-state index in [2.05, 4.69) is 26.0 Å². The third-order valence-corrected chi connectivity index (χ3v) is 6.73. The van der Waals surface area contributed by atoms with Gasteiger partial charge in [0.25, 0.3) is 5.56 Å².